The minimum atomic E-state index is -2.24. The van der Waals surface area contributed by atoms with Crippen LogP contribution in [0.15, 0.2) is 0 Å². The van der Waals surface area contributed by atoms with Crippen LogP contribution in [0, 0.1) is 0 Å². The lowest BCUT2D eigenvalue weighted by atomic mass is 10.5. The van der Waals surface area contributed by atoms with Crippen LogP contribution in [0.3, 0.4) is 0 Å². The van der Waals surface area contributed by atoms with Crippen LogP contribution in [0.5, 0.6) is 0 Å². The third-order valence-corrected chi connectivity index (χ3v) is 4.64. The minimum Gasteiger partial charge on any atom is -0.273 e. The summed E-state index contributed by atoms with van der Waals surface area (Å²) in [6, 6.07) is 0. The van der Waals surface area contributed by atoms with E-state index >= 15 is 0 Å². The van der Waals surface area contributed by atoms with Gasteiger partial charge < -0.3 is 0 Å². The van der Waals surface area contributed by atoms with Crippen LogP contribution in [0.1, 0.15) is 19.8 Å². The van der Waals surface area contributed by atoms with Gasteiger partial charge in [-0.25, -0.2) is 0 Å². The lowest BCUT2D eigenvalue weighted by Crippen LogP contribution is -2.34. The molecule has 0 atom stereocenters. The van der Waals surface area contributed by atoms with Crippen LogP contribution < -0.4 is 5.14 Å². The highest BCUT2D eigenvalue weighted by Crippen LogP contribution is 2.43. The molecule has 1 rings (SSSR count). The number of hydrogen-bond donors (Lipinski definition) is 2. The Morgan fingerprint density at radius 3 is 2.00 bits per heavy atom. The van der Waals surface area contributed by atoms with Crippen LogP contribution in [0.25, 0.3) is 0 Å². The van der Waals surface area contributed by atoms with Crippen LogP contribution in [0.2, 0.25) is 0 Å². The molecular weight excluding hydrogens is 122 g/mol. The van der Waals surface area contributed by atoms with Crippen molar-refractivity contribution in [3.8, 4) is 0 Å². The molecule has 0 heterocycles. The van der Waals surface area contributed by atoms with Crippen LogP contribution in [0.4, 0.5) is 0 Å². The Kier molecular flexibility index (Phi) is 1.04. The lowest BCUT2D eigenvalue weighted by Gasteiger charge is -2.19. The summed E-state index contributed by atoms with van der Waals surface area (Å²) in [5.41, 5.74) is 0. The Morgan fingerprint density at radius 2 is 2.00 bits per heavy atom. The summed E-state index contributed by atoms with van der Waals surface area (Å²) in [6.45, 7) is 1.99. The van der Waals surface area contributed by atoms with Crippen molar-refractivity contribution >= 4 is 10.1 Å². The highest BCUT2D eigenvalue weighted by atomic mass is 32.3. The summed E-state index contributed by atoms with van der Waals surface area (Å²) < 4.78 is 11.1. The first-order chi connectivity index (χ1) is 3.46. The molecule has 1 aliphatic carbocycles. The predicted octanol–water partition coefficient (Wildman–Crippen LogP) is 0.0591. The molecule has 0 aromatic heterocycles. The van der Waals surface area contributed by atoms with Crippen molar-refractivity contribution in [3.05, 3.63) is 0 Å². The number of nitrogens with two attached hydrogens (primary N) is 1. The van der Waals surface area contributed by atoms with Gasteiger partial charge in [0.1, 0.15) is 0 Å². The molecule has 1 fully saturated rings. The van der Waals surface area contributed by atoms with E-state index in [2.05, 4.69) is 0 Å². The van der Waals surface area contributed by atoms with Crippen molar-refractivity contribution in [3.63, 3.8) is 0 Å². The number of thiol groups is 1. The molecule has 0 bridgehead atoms. The molecule has 8 heavy (non-hydrogen) atoms. The van der Waals surface area contributed by atoms with Crippen molar-refractivity contribution in [1.29, 1.82) is 0 Å². The Labute approximate surface area is 51.0 Å². The fourth-order valence-corrected chi connectivity index (χ4v) is 1.62. The Morgan fingerprint density at radius 1 is 1.62 bits per heavy atom. The summed E-state index contributed by atoms with van der Waals surface area (Å²) in [5, 5.41) is 5.43. The van der Waals surface area contributed by atoms with E-state index in [0.29, 0.717) is 0 Å². The molecule has 0 spiro atoms. The SMILES string of the molecule is CC1([SH](C)(N)=O)CC1. The molecule has 3 heteroatoms. The second-order valence-corrected chi connectivity index (χ2v) is 6.05. The second kappa shape index (κ2) is 1.33. The Bertz CT molecular complexity index is 145. The summed E-state index contributed by atoms with van der Waals surface area (Å²) in [4.78, 5) is 0. The molecule has 1 aliphatic rings. The molecular formula is C5H13NOS. The van der Waals surface area contributed by atoms with Crippen molar-refractivity contribution < 1.29 is 4.21 Å². The molecule has 0 radical (unpaired) electrons. The summed E-state index contributed by atoms with van der Waals surface area (Å²) in [6.07, 6.45) is 3.77. The Hall–Kier alpha value is 0.110. The lowest BCUT2D eigenvalue weighted by molar-refractivity contribution is 0.664. The minimum absolute atomic E-state index is 0.0208. The summed E-state index contributed by atoms with van der Waals surface area (Å²) >= 11 is 0. The van der Waals surface area contributed by atoms with E-state index in [0.717, 1.165) is 12.8 Å². The van der Waals surface area contributed by atoms with E-state index in [4.69, 9.17) is 5.14 Å². The van der Waals surface area contributed by atoms with Crippen molar-refractivity contribution in [2.24, 2.45) is 5.14 Å². The first-order valence-corrected chi connectivity index (χ1v) is 5.04. The monoisotopic (exact) mass is 135 g/mol. The van der Waals surface area contributed by atoms with Crippen molar-refractivity contribution in [2.75, 3.05) is 6.26 Å². The normalized spacial score (nSPS) is 27.4. The molecule has 0 saturated heterocycles. The zero-order chi connectivity index (χ0) is 6.41. The van der Waals surface area contributed by atoms with E-state index in [1.165, 1.54) is 0 Å². The molecule has 0 aromatic carbocycles. The topological polar surface area (TPSA) is 43.1 Å². The van der Waals surface area contributed by atoms with Gasteiger partial charge in [-0.2, -0.15) is 0 Å². The van der Waals surface area contributed by atoms with Gasteiger partial charge in [-0.1, -0.05) is 10.1 Å². The largest absolute Gasteiger partial charge is 0.273 e. The van der Waals surface area contributed by atoms with E-state index in [1.54, 1.807) is 6.26 Å². The standard InChI is InChI=1S/C5H13NOS/c1-5(3-4-5)8(2,6)7/h8H,3-4H2,1-2H3,(H2,6,7). The molecule has 0 aromatic rings. The van der Waals surface area contributed by atoms with Gasteiger partial charge in [-0.15, -0.1) is 0 Å². The molecule has 0 unspecified atom stereocenters. The molecule has 1 saturated carbocycles. The van der Waals surface area contributed by atoms with Gasteiger partial charge in [-0.05, 0) is 19.8 Å². The highest BCUT2D eigenvalue weighted by Gasteiger charge is 2.44. The van der Waals surface area contributed by atoms with Crippen LogP contribution in [-0.4, -0.2) is 15.2 Å². The smallest absolute Gasteiger partial charge is 0.0321 e. The van der Waals surface area contributed by atoms with E-state index < -0.39 is 10.1 Å². The predicted molar refractivity (Wildman–Crippen MR) is 37.3 cm³/mol. The zero-order valence-electron chi connectivity index (χ0n) is 5.35. The van der Waals surface area contributed by atoms with Crippen LogP contribution in [-0.2, 0) is 10.1 Å². The maximum Gasteiger partial charge on any atom is 0.0321 e. The number of hydrogen-bond acceptors (Lipinski definition) is 1. The molecule has 2 N–H and O–H groups in total. The highest BCUT2D eigenvalue weighted by molar-refractivity contribution is 8.01. The van der Waals surface area contributed by atoms with E-state index in [9.17, 15) is 4.21 Å². The van der Waals surface area contributed by atoms with Gasteiger partial charge in [-0.3, -0.25) is 9.35 Å². The molecule has 50 valence electrons. The summed E-state index contributed by atoms with van der Waals surface area (Å²) in [7, 11) is -2.24. The average Bonchev–Trinajstić information content (AvgIpc) is 2.16. The quantitative estimate of drug-likeness (QED) is 0.490. The molecule has 2 nitrogen and oxygen atoms in total. The Balaban J connectivity index is 2.73. The first kappa shape index (κ1) is 6.23. The van der Waals surface area contributed by atoms with Gasteiger partial charge in [0.15, 0.2) is 0 Å². The fraction of sp³-hybridized carbons (Fsp3) is 1.00. The van der Waals surface area contributed by atoms with E-state index in [-0.39, 0.29) is 4.75 Å². The number of rotatable bonds is 1. The second-order valence-electron chi connectivity index (χ2n) is 2.99. The third-order valence-electron chi connectivity index (χ3n) is 2.05. The first-order valence-electron chi connectivity index (χ1n) is 2.82. The average molecular weight is 135 g/mol. The third kappa shape index (κ3) is 0.801. The zero-order valence-corrected chi connectivity index (χ0v) is 6.24. The van der Waals surface area contributed by atoms with Crippen LogP contribution >= 0.6 is 0 Å². The summed E-state index contributed by atoms with van der Waals surface area (Å²) in [5.74, 6) is 0. The molecule has 0 aliphatic heterocycles. The fourth-order valence-electron chi connectivity index (χ4n) is 0.625. The van der Waals surface area contributed by atoms with Gasteiger partial charge in [0.25, 0.3) is 0 Å². The molecule has 0 amide bonds. The van der Waals surface area contributed by atoms with E-state index in [1.807, 2.05) is 6.92 Å². The van der Waals surface area contributed by atoms with Gasteiger partial charge in [0.05, 0.1) is 0 Å². The van der Waals surface area contributed by atoms with Crippen molar-refractivity contribution in [1.82, 2.24) is 0 Å². The van der Waals surface area contributed by atoms with Crippen molar-refractivity contribution in [2.45, 2.75) is 24.5 Å². The maximum absolute atomic E-state index is 11.1. The van der Waals surface area contributed by atoms with Gasteiger partial charge >= 0.3 is 0 Å². The van der Waals surface area contributed by atoms with Gasteiger partial charge in [0, 0.05) is 11.0 Å². The maximum atomic E-state index is 11.1. The van der Waals surface area contributed by atoms with Gasteiger partial charge in [0.2, 0.25) is 0 Å².